The lowest BCUT2D eigenvalue weighted by molar-refractivity contribution is 0.0910. The molecule has 5 nitrogen and oxygen atoms in total. The van der Waals surface area contributed by atoms with Crippen LogP contribution in [0, 0.1) is 25.7 Å². The molecular weight excluding hydrogens is 372 g/mol. The summed E-state index contributed by atoms with van der Waals surface area (Å²) in [5.41, 5.74) is 2.56. The minimum Gasteiger partial charge on any atom is -0.349 e. The highest BCUT2D eigenvalue weighted by Crippen LogP contribution is 2.22. The third-order valence-electron chi connectivity index (χ3n) is 4.81. The van der Waals surface area contributed by atoms with E-state index in [1.807, 2.05) is 6.92 Å². The molecule has 0 bridgehead atoms. The van der Waals surface area contributed by atoms with Gasteiger partial charge in [-0.1, -0.05) is 51.5 Å². The molecule has 0 saturated heterocycles. The van der Waals surface area contributed by atoms with Crippen molar-refractivity contribution < 1.29 is 13.2 Å². The van der Waals surface area contributed by atoms with Gasteiger partial charge in [-0.15, -0.1) is 0 Å². The number of carbonyl (C=O) groups excluding carboxylic acids is 1. The summed E-state index contributed by atoms with van der Waals surface area (Å²) in [7, 11) is -3.73. The second-order valence-electron chi connectivity index (χ2n) is 7.94. The van der Waals surface area contributed by atoms with E-state index in [1.54, 1.807) is 49.4 Å². The van der Waals surface area contributed by atoms with E-state index in [1.165, 1.54) is 0 Å². The lowest BCUT2D eigenvalue weighted by atomic mass is 9.93. The highest BCUT2D eigenvalue weighted by molar-refractivity contribution is 7.92. The molecule has 1 amide bonds. The lowest BCUT2D eigenvalue weighted by Crippen LogP contribution is -2.42. The molecule has 0 unspecified atom stereocenters. The van der Waals surface area contributed by atoms with Crippen LogP contribution in [0.5, 0.6) is 0 Å². The third kappa shape index (κ3) is 5.35. The van der Waals surface area contributed by atoms with Crippen molar-refractivity contribution in [2.75, 3.05) is 4.72 Å². The third-order valence-corrected chi connectivity index (χ3v) is 6.19. The van der Waals surface area contributed by atoms with Gasteiger partial charge in [0.2, 0.25) is 0 Å². The van der Waals surface area contributed by atoms with E-state index in [4.69, 9.17) is 0 Å². The number of carbonyl (C=O) groups is 1. The smallest absolute Gasteiger partial charge is 0.261 e. The highest BCUT2D eigenvalue weighted by Gasteiger charge is 2.21. The van der Waals surface area contributed by atoms with Crippen LogP contribution in [0.25, 0.3) is 0 Å². The summed E-state index contributed by atoms with van der Waals surface area (Å²) in [6.07, 6.45) is 0. The number of nitrogens with one attached hydrogen (secondary N) is 2. The molecule has 0 aromatic heterocycles. The van der Waals surface area contributed by atoms with Gasteiger partial charge in [-0.3, -0.25) is 9.52 Å². The summed E-state index contributed by atoms with van der Waals surface area (Å²) < 4.78 is 28.0. The zero-order chi connectivity index (χ0) is 21.1. The summed E-state index contributed by atoms with van der Waals surface area (Å²) in [4.78, 5) is 12.9. The Labute approximate surface area is 168 Å². The first-order valence-corrected chi connectivity index (χ1v) is 11.0. The van der Waals surface area contributed by atoms with Gasteiger partial charge in [-0.25, -0.2) is 8.42 Å². The van der Waals surface area contributed by atoms with Gasteiger partial charge in [-0.2, -0.15) is 0 Å². The number of rotatable bonds is 7. The first kappa shape index (κ1) is 22.0. The van der Waals surface area contributed by atoms with E-state index in [2.05, 4.69) is 37.7 Å². The lowest BCUT2D eigenvalue weighted by Gasteiger charge is -2.26. The van der Waals surface area contributed by atoms with E-state index >= 15 is 0 Å². The van der Waals surface area contributed by atoms with E-state index in [0.717, 1.165) is 11.1 Å². The number of hydrogen-bond donors (Lipinski definition) is 2. The number of hydrogen-bond acceptors (Lipinski definition) is 3. The van der Waals surface area contributed by atoms with Gasteiger partial charge in [-0.05, 0) is 55.5 Å². The minimum absolute atomic E-state index is 0.0431. The highest BCUT2D eigenvalue weighted by atomic mass is 32.2. The fourth-order valence-electron chi connectivity index (χ4n) is 3.13. The SMILES string of the molecule is Cc1ccc(S(=O)(=O)Nc2cc(C(=O)NC(C(C)C)C(C)C)ccc2C)cc1. The first-order chi connectivity index (χ1) is 13.0. The predicted molar refractivity (Wildman–Crippen MR) is 114 cm³/mol. The molecule has 2 rings (SSSR count). The molecule has 152 valence electrons. The molecule has 6 heteroatoms. The number of sulfonamides is 1. The Balaban J connectivity index is 2.27. The van der Waals surface area contributed by atoms with Crippen molar-refractivity contribution in [2.24, 2.45) is 11.8 Å². The van der Waals surface area contributed by atoms with Gasteiger partial charge in [0, 0.05) is 11.6 Å². The summed E-state index contributed by atoms with van der Waals surface area (Å²) in [6, 6.07) is 11.7. The number of amides is 1. The van der Waals surface area contributed by atoms with Gasteiger partial charge < -0.3 is 5.32 Å². The standard InChI is InChI=1S/C22H30N2O3S/c1-14(2)21(15(3)4)23-22(25)18-10-9-17(6)20(13-18)24-28(26,27)19-11-7-16(5)8-12-19/h7-15,21,24H,1-6H3,(H,23,25). The molecule has 28 heavy (non-hydrogen) atoms. The van der Waals surface area contributed by atoms with Crippen LogP contribution in [0.1, 0.15) is 49.2 Å². The fourth-order valence-corrected chi connectivity index (χ4v) is 4.25. The molecule has 0 atom stereocenters. The van der Waals surface area contributed by atoms with Gasteiger partial charge in [0.15, 0.2) is 0 Å². The normalized spacial score (nSPS) is 11.9. The van der Waals surface area contributed by atoms with E-state index in [9.17, 15) is 13.2 Å². The molecule has 0 saturated carbocycles. The Morgan fingerprint density at radius 2 is 1.46 bits per heavy atom. The molecule has 2 N–H and O–H groups in total. The average Bonchev–Trinajstić information content (AvgIpc) is 2.61. The van der Waals surface area contributed by atoms with Gasteiger partial charge in [0.05, 0.1) is 10.6 Å². The number of aryl methyl sites for hydroxylation is 2. The molecule has 0 aliphatic rings. The fraction of sp³-hybridized carbons (Fsp3) is 0.409. The van der Waals surface area contributed by atoms with Crippen LogP contribution in [-0.2, 0) is 10.0 Å². The molecule has 0 radical (unpaired) electrons. The topological polar surface area (TPSA) is 75.3 Å². The molecule has 0 aliphatic carbocycles. The Kier molecular flexibility index (Phi) is 6.88. The Morgan fingerprint density at radius 1 is 0.893 bits per heavy atom. The monoisotopic (exact) mass is 402 g/mol. The van der Waals surface area contributed by atoms with Crippen molar-refractivity contribution in [1.29, 1.82) is 0 Å². The molecule has 2 aromatic carbocycles. The predicted octanol–water partition coefficient (Wildman–Crippen LogP) is 4.51. The molecule has 0 spiro atoms. The average molecular weight is 403 g/mol. The van der Waals surface area contributed by atoms with Crippen molar-refractivity contribution in [1.82, 2.24) is 5.32 Å². The maximum Gasteiger partial charge on any atom is 0.261 e. The van der Waals surface area contributed by atoms with Crippen LogP contribution in [0.4, 0.5) is 5.69 Å². The van der Waals surface area contributed by atoms with Crippen LogP contribution >= 0.6 is 0 Å². The number of anilines is 1. The maximum atomic E-state index is 12.7. The molecule has 0 heterocycles. The quantitative estimate of drug-likeness (QED) is 0.715. The van der Waals surface area contributed by atoms with Crippen LogP contribution < -0.4 is 10.0 Å². The van der Waals surface area contributed by atoms with Crippen LogP contribution in [-0.4, -0.2) is 20.4 Å². The van der Waals surface area contributed by atoms with Crippen molar-refractivity contribution in [3.05, 3.63) is 59.2 Å². The van der Waals surface area contributed by atoms with Crippen molar-refractivity contribution in [2.45, 2.75) is 52.5 Å². The van der Waals surface area contributed by atoms with Crippen molar-refractivity contribution in [3.63, 3.8) is 0 Å². The second-order valence-corrected chi connectivity index (χ2v) is 9.62. The van der Waals surface area contributed by atoms with Crippen molar-refractivity contribution in [3.8, 4) is 0 Å². The second kappa shape index (κ2) is 8.78. The van der Waals surface area contributed by atoms with Crippen LogP contribution in [0.3, 0.4) is 0 Å². The van der Waals surface area contributed by atoms with Crippen LogP contribution in [0.15, 0.2) is 47.4 Å². The molecule has 0 aliphatic heterocycles. The summed E-state index contributed by atoms with van der Waals surface area (Å²) in [5, 5.41) is 3.06. The van der Waals surface area contributed by atoms with Gasteiger partial charge >= 0.3 is 0 Å². The minimum atomic E-state index is -3.73. The maximum absolute atomic E-state index is 12.7. The summed E-state index contributed by atoms with van der Waals surface area (Å²) in [6.45, 7) is 12.0. The zero-order valence-electron chi connectivity index (χ0n) is 17.4. The van der Waals surface area contributed by atoms with E-state index in [0.29, 0.717) is 23.1 Å². The van der Waals surface area contributed by atoms with Gasteiger partial charge in [0.25, 0.3) is 15.9 Å². The zero-order valence-corrected chi connectivity index (χ0v) is 18.2. The molecule has 0 fully saturated rings. The first-order valence-electron chi connectivity index (χ1n) is 9.52. The van der Waals surface area contributed by atoms with Crippen molar-refractivity contribution >= 4 is 21.6 Å². The summed E-state index contributed by atoms with van der Waals surface area (Å²) >= 11 is 0. The number of benzene rings is 2. The Hall–Kier alpha value is -2.34. The van der Waals surface area contributed by atoms with E-state index in [-0.39, 0.29) is 16.8 Å². The van der Waals surface area contributed by atoms with E-state index < -0.39 is 10.0 Å². The van der Waals surface area contributed by atoms with Crippen LogP contribution in [0.2, 0.25) is 0 Å². The largest absolute Gasteiger partial charge is 0.349 e. The Morgan fingerprint density at radius 3 is 2.00 bits per heavy atom. The molecular formula is C22H30N2O3S. The Bertz CT molecular complexity index is 925. The molecule has 2 aromatic rings. The van der Waals surface area contributed by atoms with Gasteiger partial charge in [0.1, 0.15) is 0 Å². The summed E-state index contributed by atoms with van der Waals surface area (Å²) in [5.74, 6) is 0.394.